The lowest BCUT2D eigenvalue weighted by Crippen LogP contribution is -2.32. The average Bonchev–Trinajstić information content (AvgIpc) is 3.00. The SMILES string of the molecule is CC(C)COc1ccccc1C(C(C)CO)N1CCCC1. The number of hydrogen-bond acceptors (Lipinski definition) is 3. The van der Waals surface area contributed by atoms with Crippen molar-refractivity contribution in [3.8, 4) is 5.75 Å². The van der Waals surface area contributed by atoms with Crippen LogP contribution < -0.4 is 4.74 Å². The van der Waals surface area contributed by atoms with Crippen LogP contribution in [0.25, 0.3) is 0 Å². The lowest BCUT2D eigenvalue weighted by Gasteiger charge is -2.33. The van der Waals surface area contributed by atoms with Crippen molar-refractivity contribution in [2.45, 2.75) is 39.7 Å². The molecule has 0 radical (unpaired) electrons. The molecule has 21 heavy (non-hydrogen) atoms. The van der Waals surface area contributed by atoms with Crippen LogP contribution in [0.15, 0.2) is 24.3 Å². The molecule has 1 aliphatic heterocycles. The molecule has 1 aromatic carbocycles. The minimum atomic E-state index is 0.208. The highest BCUT2D eigenvalue weighted by Crippen LogP contribution is 2.36. The van der Waals surface area contributed by atoms with Crippen LogP contribution in [0.5, 0.6) is 5.75 Å². The Bertz CT molecular complexity index is 427. The lowest BCUT2D eigenvalue weighted by atomic mass is 9.93. The number of nitrogens with zero attached hydrogens (tertiary/aromatic N) is 1. The molecule has 1 saturated heterocycles. The summed E-state index contributed by atoms with van der Waals surface area (Å²) in [6.45, 7) is 9.63. The van der Waals surface area contributed by atoms with E-state index in [-0.39, 0.29) is 18.6 Å². The first-order valence-electron chi connectivity index (χ1n) is 8.20. The molecule has 0 aliphatic carbocycles. The van der Waals surface area contributed by atoms with E-state index >= 15 is 0 Å². The number of hydrogen-bond donors (Lipinski definition) is 1. The zero-order valence-corrected chi connectivity index (χ0v) is 13.6. The molecule has 1 N–H and O–H groups in total. The smallest absolute Gasteiger partial charge is 0.124 e. The molecule has 2 atom stereocenters. The van der Waals surface area contributed by atoms with Crippen molar-refractivity contribution >= 4 is 0 Å². The predicted molar refractivity (Wildman–Crippen MR) is 86.6 cm³/mol. The van der Waals surface area contributed by atoms with Crippen LogP contribution in [0.2, 0.25) is 0 Å². The van der Waals surface area contributed by atoms with E-state index in [1.165, 1.54) is 18.4 Å². The third-order valence-corrected chi connectivity index (χ3v) is 4.17. The van der Waals surface area contributed by atoms with Gasteiger partial charge in [0, 0.05) is 18.2 Å². The van der Waals surface area contributed by atoms with Crippen LogP contribution in [-0.4, -0.2) is 36.3 Å². The third kappa shape index (κ3) is 4.21. The maximum Gasteiger partial charge on any atom is 0.124 e. The summed E-state index contributed by atoms with van der Waals surface area (Å²) in [5.74, 6) is 1.70. The van der Waals surface area contributed by atoms with E-state index in [9.17, 15) is 5.11 Å². The summed E-state index contributed by atoms with van der Waals surface area (Å²) in [7, 11) is 0. The Morgan fingerprint density at radius 2 is 1.81 bits per heavy atom. The van der Waals surface area contributed by atoms with Crippen molar-refractivity contribution in [1.29, 1.82) is 0 Å². The Morgan fingerprint density at radius 3 is 2.43 bits per heavy atom. The number of ether oxygens (including phenoxy) is 1. The van der Waals surface area contributed by atoms with E-state index in [1.54, 1.807) is 0 Å². The first-order valence-corrected chi connectivity index (χ1v) is 8.20. The molecular formula is C18H29NO2. The van der Waals surface area contributed by atoms with Gasteiger partial charge in [-0.1, -0.05) is 39.0 Å². The predicted octanol–water partition coefficient (Wildman–Crippen LogP) is 3.49. The molecule has 0 bridgehead atoms. The number of aliphatic hydroxyl groups is 1. The molecule has 1 heterocycles. The van der Waals surface area contributed by atoms with Gasteiger partial charge in [0.2, 0.25) is 0 Å². The van der Waals surface area contributed by atoms with Gasteiger partial charge in [0.15, 0.2) is 0 Å². The third-order valence-electron chi connectivity index (χ3n) is 4.17. The van der Waals surface area contributed by atoms with Crippen LogP contribution in [0.3, 0.4) is 0 Å². The number of para-hydroxylation sites is 1. The molecule has 3 heteroatoms. The van der Waals surface area contributed by atoms with E-state index in [0.29, 0.717) is 5.92 Å². The van der Waals surface area contributed by atoms with Crippen LogP contribution in [0.1, 0.15) is 45.2 Å². The van der Waals surface area contributed by atoms with Crippen LogP contribution >= 0.6 is 0 Å². The standard InChI is InChI=1S/C18H29NO2/c1-14(2)13-21-17-9-5-4-8-16(17)18(15(3)12-20)19-10-6-7-11-19/h4-5,8-9,14-15,18,20H,6-7,10-13H2,1-3H3. The highest BCUT2D eigenvalue weighted by atomic mass is 16.5. The molecule has 0 spiro atoms. The Kier molecular flexibility index (Phi) is 6.07. The van der Waals surface area contributed by atoms with Gasteiger partial charge in [0.25, 0.3) is 0 Å². The number of rotatable bonds is 7. The molecule has 0 amide bonds. The van der Waals surface area contributed by atoms with Crippen molar-refractivity contribution in [1.82, 2.24) is 4.90 Å². The van der Waals surface area contributed by atoms with Gasteiger partial charge in [-0.05, 0) is 43.8 Å². The Morgan fingerprint density at radius 1 is 1.14 bits per heavy atom. The van der Waals surface area contributed by atoms with Crippen molar-refractivity contribution in [2.24, 2.45) is 11.8 Å². The minimum Gasteiger partial charge on any atom is -0.493 e. The van der Waals surface area contributed by atoms with E-state index in [2.05, 4.69) is 43.9 Å². The monoisotopic (exact) mass is 291 g/mol. The minimum absolute atomic E-state index is 0.208. The molecule has 2 rings (SSSR count). The number of likely N-dealkylation sites (tertiary alicyclic amines) is 1. The summed E-state index contributed by atoms with van der Waals surface area (Å²) in [6, 6.07) is 8.57. The second-order valence-electron chi connectivity index (χ2n) is 6.59. The van der Waals surface area contributed by atoms with Crippen molar-refractivity contribution in [3.05, 3.63) is 29.8 Å². The Hall–Kier alpha value is -1.06. The summed E-state index contributed by atoms with van der Waals surface area (Å²) in [6.07, 6.45) is 2.51. The normalized spacial score (nSPS) is 18.9. The molecular weight excluding hydrogens is 262 g/mol. The fraction of sp³-hybridized carbons (Fsp3) is 0.667. The van der Waals surface area contributed by atoms with Gasteiger partial charge in [-0.3, -0.25) is 4.90 Å². The second kappa shape index (κ2) is 7.81. The fourth-order valence-corrected chi connectivity index (χ4v) is 3.10. The van der Waals surface area contributed by atoms with Gasteiger partial charge in [-0.2, -0.15) is 0 Å². The maximum absolute atomic E-state index is 9.67. The van der Waals surface area contributed by atoms with Gasteiger partial charge in [-0.15, -0.1) is 0 Å². The van der Waals surface area contributed by atoms with E-state index in [0.717, 1.165) is 25.4 Å². The van der Waals surface area contributed by atoms with Gasteiger partial charge in [0.05, 0.1) is 6.61 Å². The van der Waals surface area contributed by atoms with Gasteiger partial charge >= 0.3 is 0 Å². The first-order chi connectivity index (χ1) is 10.1. The summed E-state index contributed by atoms with van der Waals surface area (Å²) < 4.78 is 6.03. The van der Waals surface area contributed by atoms with E-state index in [1.807, 2.05) is 6.07 Å². The molecule has 2 unspecified atom stereocenters. The Labute approximate surface area is 128 Å². The molecule has 1 aliphatic rings. The average molecular weight is 291 g/mol. The zero-order chi connectivity index (χ0) is 15.2. The van der Waals surface area contributed by atoms with Crippen molar-refractivity contribution < 1.29 is 9.84 Å². The fourth-order valence-electron chi connectivity index (χ4n) is 3.10. The van der Waals surface area contributed by atoms with E-state index in [4.69, 9.17) is 4.74 Å². The highest BCUT2D eigenvalue weighted by Gasteiger charge is 2.30. The quantitative estimate of drug-likeness (QED) is 0.834. The van der Waals surface area contributed by atoms with Gasteiger partial charge < -0.3 is 9.84 Å². The largest absolute Gasteiger partial charge is 0.493 e. The van der Waals surface area contributed by atoms with Crippen LogP contribution in [0.4, 0.5) is 0 Å². The molecule has 1 fully saturated rings. The maximum atomic E-state index is 9.67. The van der Waals surface area contributed by atoms with Crippen molar-refractivity contribution in [2.75, 3.05) is 26.3 Å². The number of aliphatic hydroxyl groups excluding tert-OH is 1. The van der Waals surface area contributed by atoms with Gasteiger partial charge in [-0.25, -0.2) is 0 Å². The molecule has 0 saturated carbocycles. The number of benzene rings is 1. The van der Waals surface area contributed by atoms with E-state index < -0.39 is 0 Å². The Balaban J connectivity index is 2.25. The van der Waals surface area contributed by atoms with Crippen LogP contribution in [0, 0.1) is 11.8 Å². The summed E-state index contributed by atoms with van der Waals surface area (Å²) in [4.78, 5) is 2.50. The zero-order valence-electron chi connectivity index (χ0n) is 13.6. The second-order valence-corrected chi connectivity index (χ2v) is 6.59. The first kappa shape index (κ1) is 16.3. The highest BCUT2D eigenvalue weighted by molar-refractivity contribution is 5.36. The molecule has 3 nitrogen and oxygen atoms in total. The summed E-state index contributed by atoms with van der Waals surface area (Å²) >= 11 is 0. The topological polar surface area (TPSA) is 32.7 Å². The van der Waals surface area contributed by atoms with Gasteiger partial charge in [0.1, 0.15) is 5.75 Å². The van der Waals surface area contributed by atoms with Crippen molar-refractivity contribution in [3.63, 3.8) is 0 Å². The summed E-state index contributed by atoms with van der Waals surface area (Å²) in [5.41, 5.74) is 1.22. The summed E-state index contributed by atoms with van der Waals surface area (Å²) in [5, 5.41) is 9.67. The van der Waals surface area contributed by atoms with Crippen LogP contribution in [-0.2, 0) is 0 Å². The molecule has 1 aromatic rings. The molecule has 118 valence electrons. The molecule has 0 aromatic heterocycles. The lowest BCUT2D eigenvalue weighted by molar-refractivity contribution is 0.122.